The molecule has 9 aromatic rings. The zero-order chi connectivity index (χ0) is 45.9. The monoisotopic (exact) mass is 1180 g/mol. The van der Waals surface area contributed by atoms with E-state index in [0.717, 1.165) is 60.7 Å². The SMILES string of the molecule is Brc1ccn2c(I)cnc2c1.CN(C)S(=O)(=O)Nc1cc(-c2cnc3cc(-c4ccncc4)ccn23)cnc1Cl.CN(C)S(=O)(=O)Nc1cc(-c2cnc3cc(Br)ccn23)cnc1Cl. The van der Waals surface area contributed by atoms with Crippen LogP contribution in [0.1, 0.15) is 0 Å². The fourth-order valence-electron chi connectivity index (χ4n) is 5.79. The lowest BCUT2D eigenvalue weighted by atomic mass is 10.1. The molecule has 0 amide bonds. The molecule has 0 saturated heterocycles. The Morgan fingerprint density at radius 1 is 0.547 bits per heavy atom. The molecule has 0 atom stereocenters. The minimum absolute atomic E-state index is 0.0629. The van der Waals surface area contributed by atoms with Crippen molar-refractivity contribution >= 4 is 126 Å². The number of rotatable bonds is 9. The number of halogens is 5. The van der Waals surface area contributed by atoms with Crippen LogP contribution in [0, 0.1) is 3.70 Å². The molecule has 0 unspecified atom stereocenters. The van der Waals surface area contributed by atoms with E-state index in [0.29, 0.717) is 11.1 Å². The summed E-state index contributed by atoms with van der Waals surface area (Å²) in [6.45, 7) is 0. The zero-order valence-corrected chi connectivity index (χ0v) is 42.3. The Balaban J connectivity index is 0.000000157. The number of anilines is 2. The number of pyridine rings is 6. The second-order valence-electron chi connectivity index (χ2n) is 13.8. The predicted octanol–water partition coefficient (Wildman–Crippen LogP) is 9.06. The molecule has 0 saturated carbocycles. The molecule has 0 aromatic carbocycles. The number of fused-ring (bicyclic) bond motifs is 3. The third-order valence-electron chi connectivity index (χ3n) is 9.14. The molecule has 9 rings (SSSR count). The van der Waals surface area contributed by atoms with Gasteiger partial charge in [0.2, 0.25) is 0 Å². The van der Waals surface area contributed by atoms with E-state index in [1.165, 1.54) is 28.2 Å². The van der Waals surface area contributed by atoms with Crippen LogP contribution < -0.4 is 9.44 Å². The Morgan fingerprint density at radius 2 is 0.984 bits per heavy atom. The van der Waals surface area contributed by atoms with Crippen molar-refractivity contribution in [3.8, 4) is 33.6 Å². The van der Waals surface area contributed by atoms with Crippen molar-refractivity contribution in [2.75, 3.05) is 37.6 Å². The van der Waals surface area contributed by atoms with Crippen LogP contribution in [0.2, 0.25) is 10.3 Å². The summed E-state index contributed by atoms with van der Waals surface area (Å²) in [5.41, 5.74) is 7.83. The number of nitrogens with one attached hydrogen (secondary N) is 2. The van der Waals surface area contributed by atoms with Crippen molar-refractivity contribution < 1.29 is 16.8 Å². The van der Waals surface area contributed by atoms with Gasteiger partial charge in [-0.1, -0.05) is 55.1 Å². The third kappa shape index (κ3) is 10.8. The molecule has 17 nitrogen and oxygen atoms in total. The minimum atomic E-state index is -3.71. The van der Waals surface area contributed by atoms with Crippen LogP contribution in [0.25, 0.3) is 50.6 Å². The summed E-state index contributed by atoms with van der Waals surface area (Å²) < 4.78 is 64.2. The van der Waals surface area contributed by atoms with Gasteiger partial charge in [-0.25, -0.2) is 24.9 Å². The van der Waals surface area contributed by atoms with Crippen molar-refractivity contribution in [2.45, 2.75) is 0 Å². The number of aromatic nitrogens is 9. The fourth-order valence-corrected chi connectivity index (χ4v) is 8.63. The molecule has 24 heteroatoms. The van der Waals surface area contributed by atoms with Gasteiger partial charge in [-0.05, 0) is 94.4 Å². The van der Waals surface area contributed by atoms with Gasteiger partial charge in [-0.3, -0.25) is 27.6 Å². The Morgan fingerprint density at radius 3 is 1.48 bits per heavy atom. The van der Waals surface area contributed by atoms with Gasteiger partial charge in [0.15, 0.2) is 10.3 Å². The first-order valence-electron chi connectivity index (χ1n) is 18.4. The number of hydrogen-bond donors (Lipinski definition) is 2. The van der Waals surface area contributed by atoms with Gasteiger partial charge in [-0.2, -0.15) is 25.4 Å². The standard InChI is InChI=1S/C19H17ClN6O2S.C14H13BrClN5O2S.C7H4BrIN2/c1-25(2)29(27,28)24-16-9-15(11-23-19(16)20)17-12-22-18-10-14(5-8-26(17)18)13-3-6-21-7-4-13;1-20(2)24(22,23)19-11-5-9(7-18-14(11)16)12-8-17-13-6-10(15)3-4-21(12)13;8-5-1-2-11-6(9)4-10-7(11)3-5/h3-12,24H,1-2H3;3-8,19H,1-2H3;1-4H. The van der Waals surface area contributed by atoms with E-state index in [-0.39, 0.29) is 21.7 Å². The predicted molar refractivity (Wildman–Crippen MR) is 266 cm³/mol. The largest absolute Gasteiger partial charge is 0.301 e. The van der Waals surface area contributed by atoms with Gasteiger partial charge in [0, 0.05) is 91.6 Å². The molecular weight excluding hydrogens is 1150 g/mol. The Labute approximate surface area is 408 Å². The van der Waals surface area contributed by atoms with Gasteiger partial charge in [0.05, 0.1) is 41.4 Å². The van der Waals surface area contributed by atoms with Crippen LogP contribution in [0.15, 0.2) is 132 Å². The second kappa shape index (κ2) is 19.8. The molecule has 0 fully saturated rings. The number of hydrogen-bond acceptors (Lipinski definition) is 10. The molecule has 0 aliphatic rings. The first kappa shape index (κ1) is 47.2. The van der Waals surface area contributed by atoms with E-state index in [1.807, 2.05) is 86.5 Å². The average molecular weight is 1180 g/mol. The van der Waals surface area contributed by atoms with Gasteiger partial charge in [-0.15, -0.1) is 0 Å². The van der Waals surface area contributed by atoms with Crippen LogP contribution in [-0.4, -0.2) is 96.7 Å². The summed E-state index contributed by atoms with van der Waals surface area (Å²) in [5.74, 6) is 0. The zero-order valence-electron chi connectivity index (χ0n) is 33.8. The van der Waals surface area contributed by atoms with E-state index in [9.17, 15) is 16.8 Å². The van der Waals surface area contributed by atoms with Crippen LogP contribution in [0.3, 0.4) is 0 Å². The van der Waals surface area contributed by atoms with E-state index < -0.39 is 20.4 Å². The maximum atomic E-state index is 12.1. The second-order valence-corrected chi connectivity index (χ2v) is 21.2. The molecule has 2 N–H and O–H groups in total. The lowest BCUT2D eigenvalue weighted by molar-refractivity contribution is 0.525. The Hall–Kier alpha value is -4.79. The highest BCUT2D eigenvalue weighted by Gasteiger charge is 2.19. The van der Waals surface area contributed by atoms with Gasteiger partial charge < -0.3 is 0 Å². The molecule has 64 heavy (non-hydrogen) atoms. The molecule has 0 spiro atoms. The maximum absolute atomic E-state index is 12.1. The van der Waals surface area contributed by atoms with Crippen LogP contribution >= 0.6 is 77.7 Å². The quantitative estimate of drug-likeness (QED) is 0.104. The van der Waals surface area contributed by atoms with Crippen molar-refractivity contribution in [1.29, 1.82) is 0 Å². The highest BCUT2D eigenvalue weighted by atomic mass is 127. The molecule has 0 radical (unpaired) electrons. The molecule has 9 aromatic heterocycles. The first-order valence-corrected chi connectivity index (χ1v) is 24.7. The van der Waals surface area contributed by atoms with Crippen molar-refractivity contribution in [1.82, 2.24) is 51.7 Å². The van der Waals surface area contributed by atoms with E-state index in [2.05, 4.69) is 93.8 Å². The maximum Gasteiger partial charge on any atom is 0.301 e. The van der Waals surface area contributed by atoms with E-state index in [1.54, 1.807) is 49.3 Å². The van der Waals surface area contributed by atoms with Gasteiger partial charge in [0.1, 0.15) is 20.6 Å². The summed E-state index contributed by atoms with van der Waals surface area (Å²) >= 11 is 21.2. The fraction of sp³-hybridized carbons (Fsp3) is 0.100. The van der Waals surface area contributed by atoms with Crippen molar-refractivity contribution in [2.24, 2.45) is 0 Å². The summed E-state index contributed by atoms with van der Waals surface area (Å²) in [4.78, 5) is 25.2. The topological polar surface area (TPSA) is 189 Å². The Bertz CT molecular complexity index is 3380. The molecule has 0 bridgehead atoms. The van der Waals surface area contributed by atoms with E-state index in [4.69, 9.17) is 23.2 Å². The van der Waals surface area contributed by atoms with Gasteiger partial charge >= 0.3 is 20.4 Å². The molecular formula is C40H34Br2Cl2IN13O4S2. The smallest absolute Gasteiger partial charge is 0.300 e. The van der Waals surface area contributed by atoms with Crippen molar-refractivity contribution in [3.63, 3.8) is 0 Å². The van der Waals surface area contributed by atoms with Crippen LogP contribution in [-0.2, 0) is 20.4 Å². The normalized spacial score (nSPS) is 11.7. The Kier molecular flexibility index (Phi) is 14.6. The first-order chi connectivity index (χ1) is 30.4. The van der Waals surface area contributed by atoms with E-state index >= 15 is 0 Å². The van der Waals surface area contributed by atoms with Crippen molar-refractivity contribution in [3.05, 3.63) is 146 Å². The van der Waals surface area contributed by atoms with Gasteiger partial charge in [0.25, 0.3) is 0 Å². The minimum Gasteiger partial charge on any atom is -0.300 e. The number of nitrogens with zero attached hydrogens (tertiary/aromatic N) is 11. The summed E-state index contributed by atoms with van der Waals surface area (Å²) in [5, 5.41) is 0.133. The highest BCUT2D eigenvalue weighted by molar-refractivity contribution is 14.1. The van der Waals surface area contributed by atoms with Crippen LogP contribution in [0.5, 0.6) is 0 Å². The molecule has 0 aliphatic heterocycles. The third-order valence-corrected chi connectivity index (χ3v) is 14.4. The lowest BCUT2D eigenvalue weighted by Gasteiger charge is -2.14. The molecule has 9 heterocycles. The molecule has 330 valence electrons. The number of imidazole rings is 3. The summed E-state index contributed by atoms with van der Waals surface area (Å²) in [6, 6.07) is 18.8. The average Bonchev–Trinajstić information content (AvgIpc) is 3.99. The van der Waals surface area contributed by atoms with Crippen LogP contribution in [0.4, 0.5) is 11.4 Å². The highest BCUT2D eigenvalue weighted by Crippen LogP contribution is 2.31. The summed E-state index contributed by atoms with van der Waals surface area (Å²) in [6.07, 6.45) is 17.6. The lowest BCUT2D eigenvalue weighted by Crippen LogP contribution is -2.29. The molecule has 0 aliphatic carbocycles. The summed E-state index contributed by atoms with van der Waals surface area (Å²) in [7, 11) is -1.67.